The van der Waals surface area contributed by atoms with Crippen molar-refractivity contribution in [3.05, 3.63) is 29.8 Å². The third-order valence-electron chi connectivity index (χ3n) is 4.34. The second kappa shape index (κ2) is 10.8. The Morgan fingerprint density at radius 3 is 2.00 bits per heavy atom. The Hall–Kier alpha value is -3.14. The maximum Gasteiger partial charge on any atom is 0.303 e. The number of benzene rings is 1. The van der Waals surface area contributed by atoms with E-state index in [1.807, 2.05) is 19.1 Å². The first-order valence-corrected chi connectivity index (χ1v) is 9.70. The van der Waals surface area contributed by atoms with Crippen molar-refractivity contribution in [2.75, 3.05) is 6.61 Å². The van der Waals surface area contributed by atoms with Gasteiger partial charge in [-0.05, 0) is 19.1 Å². The zero-order chi connectivity index (χ0) is 23.1. The lowest BCUT2D eigenvalue weighted by Gasteiger charge is -2.44. The van der Waals surface area contributed by atoms with Crippen LogP contribution >= 0.6 is 0 Å². The van der Waals surface area contributed by atoms with Gasteiger partial charge in [-0.3, -0.25) is 19.2 Å². The number of esters is 3. The Morgan fingerprint density at radius 1 is 0.903 bits per heavy atom. The minimum Gasteiger partial charge on any atom is -0.463 e. The molecule has 31 heavy (non-hydrogen) atoms. The van der Waals surface area contributed by atoms with Gasteiger partial charge >= 0.3 is 17.9 Å². The summed E-state index contributed by atoms with van der Waals surface area (Å²) in [5.74, 6) is -1.92. The van der Waals surface area contributed by atoms with Crippen molar-refractivity contribution in [1.29, 1.82) is 0 Å². The van der Waals surface area contributed by atoms with E-state index in [0.717, 1.165) is 5.56 Å². The van der Waals surface area contributed by atoms with Crippen LogP contribution in [0, 0.1) is 6.92 Å². The van der Waals surface area contributed by atoms with Gasteiger partial charge < -0.3 is 29.0 Å². The fourth-order valence-corrected chi connectivity index (χ4v) is 3.14. The van der Waals surface area contributed by atoms with Crippen molar-refractivity contribution in [2.24, 2.45) is 0 Å². The Kier molecular flexibility index (Phi) is 8.38. The average molecular weight is 437 g/mol. The molecule has 1 fully saturated rings. The van der Waals surface area contributed by atoms with Crippen LogP contribution in [0.15, 0.2) is 24.3 Å². The maximum absolute atomic E-state index is 11.9. The molecule has 1 aromatic carbocycles. The Balaban J connectivity index is 2.43. The summed E-state index contributed by atoms with van der Waals surface area (Å²) in [6, 6.07) is 6.06. The molecule has 1 aliphatic rings. The Morgan fingerprint density at radius 2 is 1.48 bits per heavy atom. The standard InChI is InChI=1S/C21H27NO9/c1-11-6-8-16(9-7-11)30-21-18(22-12(2)23)20(29-15(5)26)19(28-14(4)25)17(31-21)10-27-13(3)24/h6-9,17-21H,10H2,1-5H3,(H,22,23)/t17-,18+,19+,20-,21-/m0/s1. The highest BCUT2D eigenvalue weighted by Gasteiger charge is 2.51. The fourth-order valence-electron chi connectivity index (χ4n) is 3.14. The first-order chi connectivity index (χ1) is 14.6. The van der Waals surface area contributed by atoms with Gasteiger partial charge in [-0.25, -0.2) is 0 Å². The number of rotatable bonds is 7. The van der Waals surface area contributed by atoms with Gasteiger partial charge in [-0.15, -0.1) is 0 Å². The summed E-state index contributed by atoms with van der Waals surface area (Å²) in [5.41, 5.74) is 1.01. The van der Waals surface area contributed by atoms with Gasteiger partial charge in [0.25, 0.3) is 0 Å². The minimum atomic E-state index is -1.16. The van der Waals surface area contributed by atoms with Gasteiger partial charge in [0.05, 0.1) is 0 Å². The largest absolute Gasteiger partial charge is 0.463 e. The van der Waals surface area contributed by atoms with Crippen molar-refractivity contribution in [3.8, 4) is 5.75 Å². The summed E-state index contributed by atoms with van der Waals surface area (Å²) in [7, 11) is 0. The number of ether oxygens (including phenoxy) is 5. The highest BCUT2D eigenvalue weighted by atomic mass is 16.7. The highest BCUT2D eigenvalue weighted by Crippen LogP contribution is 2.29. The van der Waals surface area contributed by atoms with Crippen LogP contribution in [0.4, 0.5) is 0 Å². The Labute approximate surface area is 180 Å². The van der Waals surface area contributed by atoms with Crippen molar-refractivity contribution >= 4 is 23.8 Å². The van der Waals surface area contributed by atoms with Gasteiger partial charge in [-0.2, -0.15) is 0 Å². The summed E-state index contributed by atoms with van der Waals surface area (Å²) in [4.78, 5) is 46.7. The van der Waals surface area contributed by atoms with E-state index in [-0.39, 0.29) is 6.61 Å². The Bertz CT molecular complexity index is 808. The SMILES string of the molecule is CC(=O)N[C@H]1[C@@H](Oc2ccc(C)cc2)O[C@@H](COC(C)=O)[C@@H](OC(C)=O)[C@H]1OC(C)=O. The monoisotopic (exact) mass is 437 g/mol. The molecule has 0 spiro atoms. The predicted molar refractivity (Wildman–Crippen MR) is 106 cm³/mol. The molecule has 0 radical (unpaired) electrons. The van der Waals surface area contributed by atoms with E-state index < -0.39 is 54.5 Å². The first kappa shape index (κ1) is 24.1. The number of carbonyl (C=O) groups is 4. The number of hydrogen-bond acceptors (Lipinski definition) is 9. The zero-order valence-electron chi connectivity index (χ0n) is 18.1. The van der Waals surface area contributed by atoms with Crippen molar-refractivity contribution in [3.63, 3.8) is 0 Å². The van der Waals surface area contributed by atoms with Gasteiger partial charge in [0, 0.05) is 27.7 Å². The van der Waals surface area contributed by atoms with E-state index in [2.05, 4.69) is 5.32 Å². The molecule has 1 aliphatic heterocycles. The van der Waals surface area contributed by atoms with Gasteiger partial charge in [0.2, 0.25) is 12.2 Å². The van der Waals surface area contributed by atoms with Crippen LogP contribution in [-0.4, -0.2) is 61.1 Å². The van der Waals surface area contributed by atoms with E-state index in [1.165, 1.54) is 27.7 Å². The van der Waals surface area contributed by atoms with E-state index in [4.69, 9.17) is 23.7 Å². The summed E-state index contributed by atoms with van der Waals surface area (Å²) < 4.78 is 27.6. The lowest BCUT2D eigenvalue weighted by molar-refractivity contribution is -0.257. The van der Waals surface area contributed by atoms with Gasteiger partial charge in [0.15, 0.2) is 12.2 Å². The van der Waals surface area contributed by atoms with Crippen LogP contribution < -0.4 is 10.1 Å². The van der Waals surface area contributed by atoms with Crippen molar-refractivity contribution in [1.82, 2.24) is 5.32 Å². The van der Waals surface area contributed by atoms with Crippen LogP contribution in [0.5, 0.6) is 5.75 Å². The number of aryl methyl sites for hydroxylation is 1. The number of nitrogens with one attached hydrogen (secondary N) is 1. The van der Waals surface area contributed by atoms with E-state index in [0.29, 0.717) is 5.75 Å². The fraction of sp³-hybridized carbons (Fsp3) is 0.524. The second-order valence-electron chi connectivity index (χ2n) is 7.15. The first-order valence-electron chi connectivity index (χ1n) is 9.70. The molecule has 0 aromatic heterocycles. The molecule has 0 bridgehead atoms. The normalized spacial score (nSPS) is 25.1. The quantitative estimate of drug-likeness (QED) is 0.491. The van der Waals surface area contributed by atoms with Crippen LogP contribution in [0.1, 0.15) is 33.3 Å². The average Bonchev–Trinajstić information content (AvgIpc) is 2.65. The van der Waals surface area contributed by atoms with Crippen LogP contribution in [-0.2, 0) is 38.1 Å². The molecule has 5 atom stereocenters. The molecular formula is C21H27NO9. The highest BCUT2D eigenvalue weighted by molar-refractivity contribution is 5.73. The smallest absolute Gasteiger partial charge is 0.303 e. The third kappa shape index (κ3) is 7.25. The summed E-state index contributed by atoms with van der Waals surface area (Å²) in [6.07, 6.45) is -4.47. The summed E-state index contributed by atoms with van der Waals surface area (Å²) >= 11 is 0. The lowest BCUT2D eigenvalue weighted by Crippen LogP contribution is -2.67. The molecule has 1 heterocycles. The molecule has 1 saturated heterocycles. The van der Waals surface area contributed by atoms with E-state index in [9.17, 15) is 19.2 Å². The maximum atomic E-state index is 11.9. The summed E-state index contributed by atoms with van der Waals surface area (Å²) in [5, 5.41) is 2.64. The minimum absolute atomic E-state index is 0.286. The molecule has 0 unspecified atom stereocenters. The van der Waals surface area contributed by atoms with Gasteiger partial charge in [-0.1, -0.05) is 17.7 Å². The van der Waals surface area contributed by atoms with Gasteiger partial charge in [0.1, 0.15) is 24.5 Å². The third-order valence-corrected chi connectivity index (χ3v) is 4.34. The van der Waals surface area contributed by atoms with E-state index >= 15 is 0 Å². The second-order valence-corrected chi connectivity index (χ2v) is 7.15. The van der Waals surface area contributed by atoms with Crippen molar-refractivity contribution in [2.45, 2.75) is 65.3 Å². The molecule has 10 nitrogen and oxygen atoms in total. The number of carbonyl (C=O) groups excluding carboxylic acids is 4. The molecule has 0 saturated carbocycles. The number of amides is 1. The van der Waals surface area contributed by atoms with Crippen LogP contribution in [0.3, 0.4) is 0 Å². The molecule has 0 aliphatic carbocycles. The molecule has 1 aromatic rings. The van der Waals surface area contributed by atoms with Crippen LogP contribution in [0.2, 0.25) is 0 Å². The molecule has 1 amide bonds. The molecular weight excluding hydrogens is 410 g/mol. The molecule has 10 heteroatoms. The zero-order valence-corrected chi connectivity index (χ0v) is 18.1. The predicted octanol–water partition coefficient (Wildman–Crippen LogP) is 1.03. The molecule has 2 rings (SSSR count). The number of hydrogen-bond donors (Lipinski definition) is 1. The molecule has 1 N–H and O–H groups in total. The topological polar surface area (TPSA) is 126 Å². The molecule has 170 valence electrons. The van der Waals surface area contributed by atoms with E-state index in [1.54, 1.807) is 12.1 Å². The summed E-state index contributed by atoms with van der Waals surface area (Å²) in [6.45, 7) is 6.48. The van der Waals surface area contributed by atoms with Crippen LogP contribution in [0.25, 0.3) is 0 Å². The lowest BCUT2D eigenvalue weighted by atomic mass is 9.96. The van der Waals surface area contributed by atoms with Crippen molar-refractivity contribution < 1.29 is 42.9 Å².